The van der Waals surface area contributed by atoms with Crippen molar-refractivity contribution < 1.29 is 13.2 Å². The maximum atomic E-state index is 13.2. The van der Waals surface area contributed by atoms with Crippen molar-refractivity contribution in [3.63, 3.8) is 0 Å². The van der Waals surface area contributed by atoms with Crippen LogP contribution in [0.5, 0.6) is 0 Å². The first-order valence-corrected chi connectivity index (χ1v) is 11.7. The zero-order chi connectivity index (χ0) is 22.0. The molecule has 0 bridgehead atoms. The van der Waals surface area contributed by atoms with Gasteiger partial charge in [-0.1, -0.05) is 48.5 Å². The third kappa shape index (κ3) is 4.26. The Kier molecular flexibility index (Phi) is 5.93. The smallest absolute Gasteiger partial charge is 0.257 e. The van der Waals surface area contributed by atoms with Crippen molar-refractivity contribution >= 4 is 15.9 Å². The molecule has 1 amide bonds. The summed E-state index contributed by atoms with van der Waals surface area (Å²) in [7, 11) is -3.54. The van der Waals surface area contributed by atoms with Gasteiger partial charge in [0.1, 0.15) is 0 Å². The summed E-state index contributed by atoms with van der Waals surface area (Å²) in [6, 6.07) is 18.4. The fourth-order valence-corrected chi connectivity index (χ4v) is 5.39. The van der Waals surface area contributed by atoms with E-state index in [1.165, 1.54) is 4.31 Å². The fourth-order valence-electron chi connectivity index (χ4n) is 3.95. The number of piperazine rings is 1. The summed E-state index contributed by atoms with van der Waals surface area (Å²) in [5.41, 5.74) is 3.24. The van der Waals surface area contributed by atoms with Crippen LogP contribution in [0.15, 0.2) is 65.6 Å². The van der Waals surface area contributed by atoms with Crippen LogP contribution in [0.2, 0.25) is 0 Å². The molecule has 2 aromatic carbocycles. The van der Waals surface area contributed by atoms with Gasteiger partial charge in [0.15, 0.2) is 0 Å². The Morgan fingerprint density at radius 2 is 1.48 bits per heavy atom. The van der Waals surface area contributed by atoms with E-state index in [9.17, 15) is 13.2 Å². The third-order valence-corrected chi connectivity index (χ3v) is 7.59. The predicted octanol–water partition coefficient (Wildman–Crippen LogP) is 2.69. The number of nitrogens with zero attached hydrogens (tertiary/aromatic N) is 4. The molecule has 1 aromatic heterocycles. The number of aromatic nitrogens is 2. The summed E-state index contributed by atoms with van der Waals surface area (Å²) in [5, 5.41) is 4.58. The summed E-state index contributed by atoms with van der Waals surface area (Å²) in [6.45, 7) is 5.62. The molecule has 0 N–H and O–H groups in total. The van der Waals surface area contributed by atoms with Crippen molar-refractivity contribution in [2.24, 2.45) is 0 Å². The van der Waals surface area contributed by atoms with Crippen molar-refractivity contribution in [1.82, 2.24) is 19.0 Å². The van der Waals surface area contributed by atoms with Crippen molar-refractivity contribution in [1.29, 1.82) is 0 Å². The average Bonchev–Trinajstić information content (AvgIpc) is 3.07. The number of hydrogen-bond donors (Lipinski definition) is 0. The Morgan fingerprint density at radius 3 is 2.10 bits per heavy atom. The summed E-state index contributed by atoms with van der Waals surface area (Å²) < 4.78 is 29.0. The van der Waals surface area contributed by atoms with Crippen LogP contribution in [-0.4, -0.2) is 59.5 Å². The number of aryl methyl sites for hydroxylation is 1. The molecule has 0 spiro atoms. The Labute approximate surface area is 183 Å². The van der Waals surface area contributed by atoms with Crippen molar-refractivity contribution in [3.05, 3.63) is 83.2 Å². The molecule has 7 nitrogen and oxygen atoms in total. The van der Waals surface area contributed by atoms with E-state index in [2.05, 4.69) is 5.10 Å². The molecule has 0 saturated carbocycles. The van der Waals surface area contributed by atoms with Gasteiger partial charge in [-0.15, -0.1) is 0 Å². The van der Waals surface area contributed by atoms with Crippen LogP contribution < -0.4 is 0 Å². The SMILES string of the molecule is Cc1nn(Cc2ccccc2)c(C)c1C(=O)N1CCN(S(=O)(=O)c2ccccc2)CC1. The van der Waals surface area contributed by atoms with Gasteiger partial charge in [-0.3, -0.25) is 9.48 Å². The fraction of sp³-hybridized carbons (Fsp3) is 0.304. The standard InChI is InChI=1S/C23H26N4O3S/c1-18-22(19(2)27(24-18)17-20-9-5-3-6-10-20)23(28)25-13-15-26(16-14-25)31(29,30)21-11-7-4-8-12-21/h3-12H,13-17H2,1-2H3. The van der Waals surface area contributed by atoms with Crippen LogP contribution in [0, 0.1) is 13.8 Å². The second kappa shape index (κ2) is 8.64. The van der Waals surface area contributed by atoms with Gasteiger partial charge in [-0.25, -0.2) is 8.42 Å². The molecule has 0 atom stereocenters. The second-order valence-corrected chi connectivity index (χ2v) is 9.64. The van der Waals surface area contributed by atoms with Crippen LogP contribution in [-0.2, 0) is 16.6 Å². The molecule has 31 heavy (non-hydrogen) atoms. The zero-order valence-corrected chi connectivity index (χ0v) is 18.5. The summed E-state index contributed by atoms with van der Waals surface area (Å²) in [6.07, 6.45) is 0. The minimum absolute atomic E-state index is 0.0916. The van der Waals surface area contributed by atoms with E-state index in [0.29, 0.717) is 30.9 Å². The Morgan fingerprint density at radius 1 is 0.903 bits per heavy atom. The minimum atomic E-state index is -3.54. The summed E-state index contributed by atoms with van der Waals surface area (Å²) in [5.74, 6) is -0.0916. The summed E-state index contributed by atoms with van der Waals surface area (Å²) >= 11 is 0. The van der Waals surface area contributed by atoms with Crippen LogP contribution >= 0.6 is 0 Å². The van der Waals surface area contributed by atoms with Crippen LogP contribution in [0.3, 0.4) is 0 Å². The molecule has 4 rings (SSSR count). The van der Waals surface area contributed by atoms with Gasteiger partial charge in [-0.05, 0) is 31.5 Å². The maximum absolute atomic E-state index is 13.2. The third-order valence-electron chi connectivity index (χ3n) is 5.68. The number of carbonyl (C=O) groups is 1. The lowest BCUT2D eigenvalue weighted by atomic mass is 10.1. The van der Waals surface area contributed by atoms with Gasteiger partial charge in [-0.2, -0.15) is 9.40 Å². The topological polar surface area (TPSA) is 75.5 Å². The molecule has 162 valence electrons. The number of sulfonamides is 1. The van der Waals surface area contributed by atoms with Gasteiger partial charge in [0.2, 0.25) is 10.0 Å². The molecular weight excluding hydrogens is 412 g/mol. The lowest BCUT2D eigenvalue weighted by molar-refractivity contribution is 0.0696. The number of benzene rings is 2. The van der Waals surface area contributed by atoms with E-state index in [1.807, 2.05) is 48.9 Å². The molecule has 1 aliphatic heterocycles. The molecule has 0 radical (unpaired) electrons. The Hall–Kier alpha value is -2.97. The van der Waals surface area contributed by atoms with Gasteiger partial charge >= 0.3 is 0 Å². The second-order valence-electron chi connectivity index (χ2n) is 7.70. The lowest BCUT2D eigenvalue weighted by Crippen LogP contribution is -2.50. The number of amides is 1. The highest BCUT2D eigenvalue weighted by molar-refractivity contribution is 7.89. The first-order valence-electron chi connectivity index (χ1n) is 10.3. The highest BCUT2D eigenvalue weighted by Crippen LogP contribution is 2.21. The van der Waals surface area contributed by atoms with Crippen LogP contribution in [0.1, 0.15) is 27.3 Å². The van der Waals surface area contributed by atoms with Gasteiger partial charge in [0.05, 0.1) is 22.7 Å². The first kappa shape index (κ1) is 21.3. The van der Waals surface area contributed by atoms with Crippen LogP contribution in [0.25, 0.3) is 0 Å². The van der Waals surface area contributed by atoms with E-state index >= 15 is 0 Å². The maximum Gasteiger partial charge on any atom is 0.257 e. The first-order chi connectivity index (χ1) is 14.9. The monoisotopic (exact) mass is 438 g/mol. The summed E-state index contributed by atoms with van der Waals surface area (Å²) in [4.78, 5) is 15.2. The molecular formula is C23H26N4O3S. The molecule has 1 aliphatic rings. The average molecular weight is 439 g/mol. The molecule has 0 aliphatic carbocycles. The quantitative estimate of drug-likeness (QED) is 0.614. The van der Waals surface area contributed by atoms with Crippen LogP contribution in [0.4, 0.5) is 0 Å². The van der Waals surface area contributed by atoms with Crippen molar-refractivity contribution in [2.75, 3.05) is 26.2 Å². The van der Waals surface area contributed by atoms with Gasteiger partial charge in [0.25, 0.3) is 5.91 Å². The van der Waals surface area contributed by atoms with Crippen molar-refractivity contribution in [3.8, 4) is 0 Å². The normalized spacial score (nSPS) is 15.2. The van der Waals surface area contributed by atoms with Gasteiger partial charge in [0, 0.05) is 31.9 Å². The van der Waals surface area contributed by atoms with E-state index < -0.39 is 10.0 Å². The Bertz CT molecular complexity index is 1170. The number of carbonyl (C=O) groups excluding carboxylic acids is 1. The number of rotatable bonds is 5. The molecule has 1 saturated heterocycles. The molecule has 1 fully saturated rings. The van der Waals surface area contributed by atoms with E-state index in [1.54, 1.807) is 35.2 Å². The van der Waals surface area contributed by atoms with E-state index in [0.717, 1.165) is 11.3 Å². The Balaban J connectivity index is 1.47. The minimum Gasteiger partial charge on any atom is -0.336 e. The predicted molar refractivity (Wildman–Crippen MR) is 118 cm³/mol. The highest BCUT2D eigenvalue weighted by atomic mass is 32.2. The molecule has 0 unspecified atom stereocenters. The lowest BCUT2D eigenvalue weighted by Gasteiger charge is -2.34. The van der Waals surface area contributed by atoms with Crippen molar-refractivity contribution in [2.45, 2.75) is 25.3 Å². The van der Waals surface area contributed by atoms with Gasteiger partial charge < -0.3 is 4.90 Å². The van der Waals surface area contributed by atoms with E-state index in [4.69, 9.17) is 0 Å². The zero-order valence-electron chi connectivity index (χ0n) is 17.7. The van der Waals surface area contributed by atoms with E-state index in [-0.39, 0.29) is 23.9 Å². The molecule has 2 heterocycles. The molecule has 3 aromatic rings. The molecule has 8 heteroatoms. The largest absolute Gasteiger partial charge is 0.336 e. The number of hydrogen-bond acceptors (Lipinski definition) is 4. The highest BCUT2D eigenvalue weighted by Gasteiger charge is 2.32.